The van der Waals surface area contributed by atoms with E-state index in [-0.39, 0.29) is 5.56 Å². The molecule has 8 heteroatoms. The summed E-state index contributed by atoms with van der Waals surface area (Å²) in [5.41, 5.74) is 2.35. The first-order chi connectivity index (χ1) is 12.7. The van der Waals surface area contributed by atoms with Gasteiger partial charge in [-0.15, -0.1) is 10.2 Å². The van der Waals surface area contributed by atoms with Crippen molar-refractivity contribution in [3.63, 3.8) is 0 Å². The lowest BCUT2D eigenvalue weighted by atomic mass is 9.96. The summed E-state index contributed by atoms with van der Waals surface area (Å²) in [6, 6.07) is 1.81. The maximum atomic E-state index is 12.4. The minimum absolute atomic E-state index is 0.0569. The van der Waals surface area contributed by atoms with E-state index in [1.165, 1.54) is 12.8 Å². The van der Waals surface area contributed by atoms with Crippen LogP contribution >= 0.6 is 11.3 Å². The van der Waals surface area contributed by atoms with Crippen molar-refractivity contribution in [1.82, 2.24) is 20.0 Å². The molecule has 3 heterocycles. The first-order valence-electron chi connectivity index (χ1n) is 9.39. The minimum Gasteiger partial charge on any atom is -0.377 e. The minimum atomic E-state index is 0.0569. The Hall–Kier alpha value is -1.80. The number of hydrogen-bond donors (Lipinski definition) is 0. The van der Waals surface area contributed by atoms with E-state index in [1.807, 2.05) is 6.07 Å². The lowest BCUT2D eigenvalue weighted by Gasteiger charge is -2.31. The molecule has 0 bridgehead atoms. The maximum absolute atomic E-state index is 12.4. The Morgan fingerprint density at radius 2 is 2.04 bits per heavy atom. The number of rotatable bonds is 5. The van der Waals surface area contributed by atoms with Crippen molar-refractivity contribution in [3.05, 3.63) is 32.7 Å². The second-order valence-electron chi connectivity index (χ2n) is 7.19. The Labute approximate surface area is 157 Å². The Balaban J connectivity index is 1.37. The second kappa shape index (κ2) is 7.84. The van der Waals surface area contributed by atoms with Gasteiger partial charge >= 0.3 is 0 Å². The number of nitrogens with zero attached hydrogens (tertiary/aromatic N) is 5. The molecule has 4 rings (SSSR count). The molecule has 0 saturated carbocycles. The maximum Gasteiger partial charge on any atom is 0.267 e. The van der Waals surface area contributed by atoms with E-state index in [0.717, 1.165) is 66.7 Å². The van der Waals surface area contributed by atoms with Crippen molar-refractivity contribution in [3.8, 4) is 0 Å². The zero-order valence-corrected chi connectivity index (χ0v) is 16.0. The number of fused-ring (bicyclic) bond motifs is 1. The van der Waals surface area contributed by atoms with Crippen LogP contribution in [0.1, 0.15) is 41.9 Å². The van der Waals surface area contributed by atoms with Gasteiger partial charge in [0.05, 0.1) is 5.69 Å². The molecule has 1 fully saturated rings. The van der Waals surface area contributed by atoms with Gasteiger partial charge in [-0.05, 0) is 50.0 Å². The van der Waals surface area contributed by atoms with Crippen molar-refractivity contribution < 1.29 is 4.74 Å². The summed E-state index contributed by atoms with van der Waals surface area (Å²) < 4.78 is 6.81. The number of aryl methyl sites for hydroxylation is 2. The Morgan fingerprint density at radius 1 is 1.23 bits per heavy atom. The van der Waals surface area contributed by atoms with Crippen molar-refractivity contribution in [2.45, 2.75) is 51.7 Å². The fraction of sp³-hybridized carbons (Fsp3) is 0.667. The van der Waals surface area contributed by atoms with Crippen LogP contribution in [0.4, 0.5) is 5.13 Å². The molecule has 1 aliphatic carbocycles. The summed E-state index contributed by atoms with van der Waals surface area (Å²) in [5, 5.41) is 15.0. The quantitative estimate of drug-likeness (QED) is 0.796. The number of ether oxygens (including phenoxy) is 1. The fourth-order valence-corrected chi connectivity index (χ4v) is 4.70. The third-order valence-corrected chi connectivity index (χ3v) is 6.27. The van der Waals surface area contributed by atoms with Gasteiger partial charge in [0.25, 0.3) is 5.56 Å². The first-order valence-corrected chi connectivity index (χ1v) is 10.2. The molecule has 0 aromatic carbocycles. The smallest absolute Gasteiger partial charge is 0.267 e. The van der Waals surface area contributed by atoms with Crippen LogP contribution < -0.4 is 10.5 Å². The summed E-state index contributed by atoms with van der Waals surface area (Å²) in [5.74, 6) is 0.490. The largest absolute Gasteiger partial charge is 0.377 e. The van der Waals surface area contributed by atoms with Crippen LogP contribution in [0.2, 0.25) is 0 Å². The van der Waals surface area contributed by atoms with Gasteiger partial charge in [0.15, 0.2) is 0 Å². The van der Waals surface area contributed by atoms with Crippen molar-refractivity contribution >= 4 is 16.5 Å². The summed E-state index contributed by atoms with van der Waals surface area (Å²) in [7, 11) is 1.67. The molecular formula is C18H25N5O2S. The van der Waals surface area contributed by atoms with E-state index >= 15 is 0 Å². The highest BCUT2D eigenvalue weighted by Gasteiger charge is 2.23. The molecule has 1 saturated heterocycles. The Kier molecular flexibility index (Phi) is 5.31. The van der Waals surface area contributed by atoms with Gasteiger partial charge in [-0.1, -0.05) is 11.3 Å². The van der Waals surface area contributed by atoms with Gasteiger partial charge in [0.1, 0.15) is 11.6 Å². The van der Waals surface area contributed by atoms with E-state index in [2.05, 4.69) is 20.2 Å². The third-order valence-electron chi connectivity index (χ3n) is 5.31. The normalized spacial score (nSPS) is 18.1. The van der Waals surface area contributed by atoms with E-state index in [0.29, 0.717) is 12.5 Å². The molecule has 1 aliphatic heterocycles. The average molecular weight is 375 g/mol. The van der Waals surface area contributed by atoms with E-state index in [1.54, 1.807) is 23.1 Å². The summed E-state index contributed by atoms with van der Waals surface area (Å²) in [6.07, 6.45) is 6.46. The zero-order chi connectivity index (χ0) is 17.9. The monoisotopic (exact) mass is 375 g/mol. The predicted octanol–water partition coefficient (Wildman–Crippen LogP) is 2.04. The molecule has 0 N–H and O–H groups in total. The Morgan fingerprint density at radius 3 is 2.85 bits per heavy atom. The summed E-state index contributed by atoms with van der Waals surface area (Å²) in [4.78, 5) is 14.7. The molecule has 0 spiro atoms. The van der Waals surface area contributed by atoms with Crippen molar-refractivity contribution in [2.24, 2.45) is 5.92 Å². The number of methoxy groups -OCH3 is 1. The average Bonchev–Trinajstić information content (AvgIpc) is 3.12. The van der Waals surface area contributed by atoms with Gasteiger partial charge in [-0.3, -0.25) is 4.79 Å². The molecule has 2 aliphatic rings. The number of piperidine rings is 1. The van der Waals surface area contributed by atoms with Gasteiger partial charge in [0.2, 0.25) is 5.13 Å². The highest BCUT2D eigenvalue weighted by atomic mass is 32.1. The molecule has 2 aromatic heterocycles. The van der Waals surface area contributed by atoms with Gasteiger partial charge < -0.3 is 9.64 Å². The van der Waals surface area contributed by atoms with Crippen LogP contribution in [-0.2, 0) is 30.7 Å². The third kappa shape index (κ3) is 3.81. The van der Waals surface area contributed by atoms with Crippen molar-refractivity contribution in [2.75, 3.05) is 25.1 Å². The number of anilines is 1. The van der Waals surface area contributed by atoms with E-state index < -0.39 is 0 Å². The lowest BCUT2D eigenvalue weighted by Crippen LogP contribution is -2.37. The SMILES string of the molecule is COCc1nnc(N2CCC(Cn3nc4c(cc3=O)CCCC4)CC2)s1. The number of aromatic nitrogens is 4. The molecule has 2 aromatic rings. The fourth-order valence-electron chi connectivity index (χ4n) is 3.84. The topological polar surface area (TPSA) is 73.1 Å². The van der Waals surface area contributed by atoms with Crippen molar-refractivity contribution in [1.29, 1.82) is 0 Å². The second-order valence-corrected chi connectivity index (χ2v) is 8.23. The summed E-state index contributed by atoms with van der Waals surface area (Å²) in [6.45, 7) is 3.14. The van der Waals surface area contributed by atoms with Gasteiger partial charge in [0, 0.05) is 32.8 Å². The van der Waals surface area contributed by atoms with Crippen LogP contribution in [-0.4, -0.2) is 40.2 Å². The molecule has 26 heavy (non-hydrogen) atoms. The standard InChI is InChI=1S/C18H25N5O2S/c1-25-12-16-19-20-18(26-16)22-8-6-13(7-9-22)11-23-17(24)10-14-4-2-3-5-15(14)21-23/h10,13H,2-9,11-12H2,1H3. The first kappa shape index (κ1) is 17.6. The molecule has 140 valence electrons. The highest BCUT2D eigenvalue weighted by molar-refractivity contribution is 7.15. The van der Waals surface area contributed by atoms with Gasteiger partial charge in [-0.2, -0.15) is 5.10 Å². The van der Waals surface area contributed by atoms with Crippen LogP contribution in [0.15, 0.2) is 10.9 Å². The number of hydrogen-bond acceptors (Lipinski definition) is 7. The molecular weight excluding hydrogens is 350 g/mol. The highest BCUT2D eigenvalue weighted by Crippen LogP contribution is 2.27. The van der Waals surface area contributed by atoms with Crippen LogP contribution in [0.25, 0.3) is 0 Å². The van der Waals surface area contributed by atoms with Crippen LogP contribution in [0.3, 0.4) is 0 Å². The van der Waals surface area contributed by atoms with Gasteiger partial charge in [-0.25, -0.2) is 4.68 Å². The molecule has 0 amide bonds. The van der Waals surface area contributed by atoms with E-state index in [9.17, 15) is 4.79 Å². The van der Waals surface area contributed by atoms with Crippen LogP contribution in [0.5, 0.6) is 0 Å². The molecule has 0 atom stereocenters. The molecule has 0 unspecified atom stereocenters. The lowest BCUT2D eigenvalue weighted by molar-refractivity contribution is 0.184. The molecule has 0 radical (unpaired) electrons. The summed E-state index contributed by atoms with van der Waals surface area (Å²) >= 11 is 1.60. The zero-order valence-electron chi connectivity index (χ0n) is 15.2. The van der Waals surface area contributed by atoms with E-state index in [4.69, 9.17) is 4.74 Å². The van der Waals surface area contributed by atoms with Crippen LogP contribution in [0, 0.1) is 5.92 Å². The Bertz CT molecular complexity index is 810. The molecule has 7 nitrogen and oxygen atoms in total. The predicted molar refractivity (Wildman–Crippen MR) is 101 cm³/mol.